The molecule has 0 bridgehead atoms. The van der Waals surface area contributed by atoms with Gasteiger partial charge < -0.3 is 20.5 Å². The second-order valence-electron chi connectivity index (χ2n) is 6.07. The van der Waals surface area contributed by atoms with Crippen LogP contribution in [0.25, 0.3) is 0 Å². The van der Waals surface area contributed by atoms with E-state index in [-0.39, 0.29) is 30.5 Å². The summed E-state index contributed by atoms with van der Waals surface area (Å²) >= 11 is 0. The third-order valence-corrected chi connectivity index (χ3v) is 4.13. The van der Waals surface area contributed by atoms with Crippen LogP contribution < -0.4 is 15.4 Å². The molecule has 0 fully saturated rings. The number of hydrogen-bond acceptors (Lipinski definition) is 3. The fraction of sp³-hybridized carbons (Fsp3) is 0.588. The number of halogens is 2. The monoisotopic (exact) mass is 342 g/mol. The van der Waals surface area contributed by atoms with Crippen molar-refractivity contribution < 1.29 is 23.4 Å². The van der Waals surface area contributed by atoms with Crippen LogP contribution in [-0.4, -0.2) is 30.4 Å². The molecule has 7 heteroatoms. The summed E-state index contributed by atoms with van der Waals surface area (Å²) in [6, 6.07) is 4.45. The minimum Gasteiger partial charge on any atom is -0.435 e. The van der Waals surface area contributed by atoms with Crippen LogP contribution in [0.5, 0.6) is 5.75 Å². The van der Waals surface area contributed by atoms with Crippen LogP contribution >= 0.6 is 0 Å². The molecule has 0 aliphatic heterocycles. The van der Waals surface area contributed by atoms with Crippen molar-refractivity contribution in [2.24, 2.45) is 0 Å². The van der Waals surface area contributed by atoms with E-state index >= 15 is 0 Å². The summed E-state index contributed by atoms with van der Waals surface area (Å²) in [7, 11) is 0. The van der Waals surface area contributed by atoms with Gasteiger partial charge in [0.2, 0.25) is 0 Å². The molecule has 0 saturated carbocycles. The Hall–Kier alpha value is -1.89. The molecule has 1 aliphatic rings. The van der Waals surface area contributed by atoms with Crippen molar-refractivity contribution in [1.29, 1.82) is 0 Å². The molecule has 0 heterocycles. The molecular weight excluding hydrogens is 318 g/mol. The van der Waals surface area contributed by atoms with Gasteiger partial charge >= 0.3 is 12.6 Å². The van der Waals surface area contributed by atoms with Gasteiger partial charge in [0.1, 0.15) is 5.75 Å². The standard InChI is InChI=1S/C17H24F2N2O3/c1-11(4-3-9-22)20-17(23)21-15-6-2-5-12-10-13(24-16(18)19)7-8-14(12)15/h7-8,10-11,15-16,22H,2-6,9H2,1H3,(H2,20,21,23). The third kappa shape index (κ3) is 5.33. The van der Waals surface area contributed by atoms with Crippen molar-refractivity contribution in [3.63, 3.8) is 0 Å². The summed E-state index contributed by atoms with van der Waals surface area (Å²) in [6.45, 7) is -0.850. The minimum absolute atomic E-state index is 0.0259. The number of alkyl halides is 2. The van der Waals surface area contributed by atoms with Crippen molar-refractivity contribution in [3.8, 4) is 5.75 Å². The molecule has 1 aromatic carbocycles. The van der Waals surface area contributed by atoms with Crippen LogP contribution in [0.1, 0.15) is 49.8 Å². The molecule has 2 unspecified atom stereocenters. The lowest BCUT2D eigenvalue weighted by atomic mass is 9.87. The maximum Gasteiger partial charge on any atom is 0.387 e. The number of carbonyl (C=O) groups excluding carboxylic acids is 1. The van der Waals surface area contributed by atoms with Gasteiger partial charge in [-0.2, -0.15) is 8.78 Å². The van der Waals surface area contributed by atoms with E-state index in [0.717, 1.165) is 30.4 Å². The Morgan fingerprint density at radius 1 is 1.46 bits per heavy atom. The lowest BCUT2D eigenvalue weighted by molar-refractivity contribution is -0.0499. The molecule has 0 aromatic heterocycles. The van der Waals surface area contributed by atoms with Gasteiger partial charge in [-0.05, 0) is 62.3 Å². The average Bonchev–Trinajstić information content (AvgIpc) is 2.52. The lowest BCUT2D eigenvalue weighted by Crippen LogP contribution is -2.43. The third-order valence-electron chi connectivity index (χ3n) is 4.13. The zero-order valence-electron chi connectivity index (χ0n) is 13.7. The van der Waals surface area contributed by atoms with Crippen molar-refractivity contribution in [3.05, 3.63) is 29.3 Å². The zero-order valence-corrected chi connectivity index (χ0v) is 13.7. The highest BCUT2D eigenvalue weighted by Crippen LogP contribution is 2.32. The highest BCUT2D eigenvalue weighted by atomic mass is 19.3. The average molecular weight is 342 g/mol. The molecule has 2 rings (SSSR count). The van der Waals surface area contributed by atoms with Crippen molar-refractivity contribution in [1.82, 2.24) is 10.6 Å². The van der Waals surface area contributed by atoms with E-state index in [1.54, 1.807) is 12.1 Å². The smallest absolute Gasteiger partial charge is 0.387 e. The second kappa shape index (κ2) is 8.82. The molecule has 134 valence electrons. The molecule has 2 amide bonds. The number of fused-ring (bicyclic) bond motifs is 1. The number of rotatable bonds is 7. The van der Waals surface area contributed by atoms with E-state index in [0.29, 0.717) is 12.8 Å². The van der Waals surface area contributed by atoms with Gasteiger partial charge in [0.15, 0.2) is 0 Å². The van der Waals surface area contributed by atoms with Crippen LogP contribution in [0.15, 0.2) is 18.2 Å². The Morgan fingerprint density at radius 2 is 2.25 bits per heavy atom. The molecule has 1 aliphatic carbocycles. The van der Waals surface area contributed by atoms with Gasteiger partial charge in [-0.15, -0.1) is 0 Å². The highest BCUT2D eigenvalue weighted by Gasteiger charge is 2.23. The molecule has 24 heavy (non-hydrogen) atoms. The van der Waals surface area contributed by atoms with Gasteiger partial charge in [-0.25, -0.2) is 4.79 Å². The Balaban J connectivity index is 1.97. The van der Waals surface area contributed by atoms with Gasteiger partial charge in [-0.1, -0.05) is 6.07 Å². The van der Waals surface area contributed by atoms with E-state index in [1.165, 1.54) is 6.07 Å². The SMILES string of the molecule is CC(CCCO)NC(=O)NC1CCCc2cc(OC(F)F)ccc21. The first-order chi connectivity index (χ1) is 11.5. The Labute approximate surface area is 140 Å². The number of amides is 2. The Bertz CT molecular complexity index is 555. The molecule has 0 radical (unpaired) electrons. The topological polar surface area (TPSA) is 70.6 Å². The van der Waals surface area contributed by atoms with Gasteiger partial charge in [-0.3, -0.25) is 0 Å². The lowest BCUT2D eigenvalue weighted by Gasteiger charge is -2.27. The number of ether oxygens (including phenoxy) is 1. The first-order valence-electron chi connectivity index (χ1n) is 8.25. The summed E-state index contributed by atoms with van der Waals surface area (Å²) in [5.74, 6) is 0.145. The van der Waals surface area contributed by atoms with Gasteiger partial charge in [0.05, 0.1) is 6.04 Å². The Kier molecular flexibility index (Phi) is 6.78. The molecule has 1 aromatic rings. The number of hydrogen-bond donors (Lipinski definition) is 3. The Morgan fingerprint density at radius 3 is 2.96 bits per heavy atom. The number of aliphatic hydroxyl groups excluding tert-OH is 1. The number of aryl methyl sites for hydroxylation is 1. The van der Waals surface area contributed by atoms with E-state index in [1.807, 2.05) is 6.92 Å². The van der Waals surface area contributed by atoms with Gasteiger partial charge in [0, 0.05) is 12.6 Å². The normalized spacial score (nSPS) is 18.0. The summed E-state index contributed by atoms with van der Waals surface area (Å²) in [5, 5.41) is 14.6. The van der Waals surface area contributed by atoms with Crippen molar-refractivity contribution in [2.45, 2.75) is 57.7 Å². The van der Waals surface area contributed by atoms with Crippen LogP contribution in [0.2, 0.25) is 0 Å². The molecule has 0 saturated heterocycles. The predicted octanol–water partition coefficient (Wildman–Crippen LogP) is 3.13. The number of nitrogens with one attached hydrogen (secondary N) is 2. The van der Waals surface area contributed by atoms with Gasteiger partial charge in [0.25, 0.3) is 0 Å². The van der Waals surface area contributed by atoms with Crippen molar-refractivity contribution >= 4 is 6.03 Å². The predicted molar refractivity (Wildman–Crippen MR) is 86.2 cm³/mol. The van der Waals surface area contributed by atoms with Crippen LogP contribution in [0.3, 0.4) is 0 Å². The van der Waals surface area contributed by atoms with Crippen LogP contribution in [0, 0.1) is 0 Å². The first-order valence-corrected chi connectivity index (χ1v) is 8.25. The fourth-order valence-electron chi connectivity index (χ4n) is 3.01. The van der Waals surface area contributed by atoms with Crippen LogP contribution in [0.4, 0.5) is 13.6 Å². The molecule has 0 spiro atoms. The van der Waals surface area contributed by atoms with E-state index in [2.05, 4.69) is 15.4 Å². The highest BCUT2D eigenvalue weighted by molar-refractivity contribution is 5.74. The quantitative estimate of drug-likeness (QED) is 0.713. The minimum atomic E-state index is -2.84. The molecule has 2 atom stereocenters. The molecule has 5 nitrogen and oxygen atoms in total. The first kappa shape index (κ1) is 18.4. The second-order valence-corrected chi connectivity index (χ2v) is 6.07. The van der Waals surface area contributed by atoms with E-state index in [4.69, 9.17) is 5.11 Å². The maximum absolute atomic E-state index is 12.3. The summed E-state index contributed by atoms with van der Waals surface area (Å²) in [6.07, 6.45) is 3.80. The van der Waals surface area contributed by atoms with E-state index in [9.17, 15) is 13.6 Å². The summed E-state index contributed by atoms with van der Waals surface area (Å²) in [5.41, 5.74) is 1.87. The van der Waals surface area contributed by atoms with Crippen LogP contribution in [-0.2, 0) is 6.42 Å². The summed E-state index contributed by atoms with van der Waals surface area (Å²) in [4.78, 5) is 12.1. The molecular formula is C17H24F2N2O3. The van der Waals surface area contributed by atoms with E-state index < -0.39 is 6.61 Å². The number of benzene rings is 1. The largest absolute Gasteiger partial charge is 0.435 e. The van der Waals surface area contributed by atoms with Crippen molar-refractivity contribution in [2.75, 3.05) is 6.61 Å². The number of aliphatic hydroxyl groups is 1. The zero-order chi connectivity index (χ0) is 17.5. The number of carbonyl (C=O) groups is 1. The summed E-state index contributed by atoms with van der Waals surface area (Å²) < 4.78 is 29.0. The molecule has 3 N–H and O–H groups in total. The maximum atomic E-state index is 12.3. The fourth-order valence-corrected chi connectivity index (χ4v) is 3.01. The number of urea groups is 1.